The molecule has 0 fully saturated rings. The molecule has 0 aromatic heterocycles. The molecule has 0 saturated carbocycles. The van der Waals surface area contributed by atoms with Crippen molar-refractivity contribution in [3.05, 3.63) is 28.7 Å². The van der Waals surface area contributed by atoms with Crippen LogP contribution in [0.2, 0.25) is 0 Å². The monoisotopic (exact) mass is 240 g/mol. The minimum absolute atomic E-state index is 0.00203. The lowest BCUT2D eigenvalue weighted by Gasteiger charge is -2.18. The molecule has 0 bridgehead atoms. The molecule has 16 heavy (non-hydrogen) atoms. The number of fused-ring (bicyclic) bond motifs is 1. The Kier molecular flexibility index (Phi) is 2.15. The maximum Gasteiger partial charge on any atom is 0.206 e. The van der Waals surface area contributed by atoms with Gasteiger partial charge in [0.1, 0.15) is 5.75 Å². The van der Waals surface area contributed by atoms with Gasteiger partial charge in [-0.05, 0) is 43.7 Å². The predicted molar refractivity (Wildman–Crippen MR) is 59.6 cm³/mol. The first kappa shape index (κ1) is 11.2. The van der Waals surface area contributed by atoms with E-state index in [4.69, 9.17) is 0 Å². The van der Waals surface area contributed by atoms with Crippen molar-refractivity contribution in [1.29, 1.82) is 0 Å². The number of benzene rings is 1. The van der Waals surface area contributed by atoms with Crippen molar-refractivity contribution in [3.63, 3.8) is 0 Å². The number of sulfone groups is 1. The Hall–Kier alpha value is -1.33. The van der Waals surface area contributed by atoms with E-state index in [2.05, 4.69) is 0 Å². The van der Waals surface area contributed by atoms with Crippen LogP contribution in [-0.4, -0.2) is 24.2 Å². The molecule has 4 nitrogen and oxygen atoms in total. The van der Waals surface area contributed by atoms with Gasteiger partial charge in [0, 0.05) is 0 Å². The first-order chi connectivity index (χ1) is 7.23. The van der Waals surface area contributed by atoms with Crippen LogP contribution in [0.15, 0.2) is 28.0 Å². The molecule has 1 aromatic rings. The summed E-state index contributed by atoms with van der Waals surface area (Å²) in [4.78, 5) is 0.0861. The SMILES string of the molecule is CC(C)(O)C1=Cc2cc(O)ccc2S1(=O)=O. The second kappa shape index (κ2) is 3.09. The Morgan fingerprint density at radius 1 is 1.25 bits per heavy atom. The van der Waals surface area contributed by atoms with Gasteiger partial charge in [0.05, 0.1) is 15.4 Å². The molecule has 5 heteroatoms. The molecule has 0 saturated heterocycles. The van der Waals surface area contributed by atoms with Crippen LogP contribution in [0.5, 0.6) is 5.75 Å². The quantitative estimate of drug-likeness (QED) is 0.775. The molecule has 86 valence electrons. The molecule has 0 amide bonds. The number of phenols is 1. The number of hydrogen-bond acceptors (Lipinski definition) is 4. The summed E-state index contributed by atoms with van der Waals surface area (Å²) in [6.45, 7) is 2.84. The minimum atomic E-state index is -3.62. The topological polar surface area (TPSA) is 74.6 Å². The summed E-state index contributed by atoms with van der Waals surface area (Å²) in [6, 6.07) is 4.03. The normalized spacial score (nSPS) is 18.1. The Bertz CT molecular complexity index is 576. The average molecular weight is 240 g/mol. The zero-order valence-corrected chi connectivity index (χ0v) is 9.75. The van der Waals surface area contributed by atoms with E-state index in [1.165, 1.54) is 38.1 Å². The Morgan fingerprint density at radius 2 is 1.88 bits per heavy atom. The fraction of sp³-hybridized carbons (Fsp3) is 0.273. The van der Waals surface area contributed by atoms with Gasteiger partial charge in [0.2, 0.25) is 9.84 Å². The summed E-state index contributed by atoms with van der Waals surface area (Å²) in [5.41, 5.74) is -1.01. The zero-order valence-electron chi connectivity index (χ0n) is 8.93. The third-order valence-electron chi connectivity index (χ3n) is 2.46. The van der Waals surface area contributed by atoms with Gasteiger partial charge in [-0.3, -0.25) is 0 Å². The average Bonchev–Trinajstić information content (AvgIpc) is 2.36. The third-order valence-corrected chi connectivity index (χ3v) is 4.61. The summed E-state index contributed by atoms with van der Waals surface area (Å²) in [5.74, 6) is 0.00203. The molecule has 0 unspecified atom stereocenters. The summed E-state index contributed by atoms with van der Waals surface area (Å²) in [7, 11) is -3.62. The van der Waals surface area contributed by atoms with E-state index in [0.717, 1.165) is 0 Å². The number of hydrogen-bond donors (Lipinski definition) is 2. The molecule has 0 atom stereocenters. The molecule has 0 spiro atoms. The Labute approximate surface area is 93.8 Å². The van der Waals surface area contributed by atoms with Crippen molar-refractivity contribution < 1.29 is 18.6 Å². The van der Waals surface area contributed by atoms with Gasteiger partial charge >= 0.3 is 0 Å². The van der Waals surface area contributed by atoms with Gasteiger partial charge in [0.25, 0.3) is 0 Å². The molecular weight excluding hydrogens is 228 g/mol. The number of rotatable bonds is 1. The van der Waals surface area contributed by atoms with Crippen molar-refractivity contribution in [1.82, 2.24) is 0 Å². The molecule has 1 heterocycles. The lowest BCUT2D eigenvalue weighted by Crippen LogP contribution is -2.25. The summed E-state index contributed by atoms with van der Waals surface area (Å²) in [6.07, 6.45) is 1.39. The molecule has 1 aliphatic rings. The van der Waals surface area contributed by atoms with E-state index >= 15 is 0 Å². The fourth-order valence-corrected chi connectivity index (χ4v) is 3.59. The van der Waals surface area contributed by atoms with E-state index in [0.29, 0.717) is 5.56 Å². The summed E-state index contributed by atoms with van der Waals surface area (Å²) < 4.78 is 24.1. The smallest absolute Gasteiger partial charge is 0.206 e. The van der Waals surface area contributed by atoms with Crippen LogP contribution >= 0.6 is 0 Å². The molecule has 0 radical (unpaired) electrons. The summed E-state index contributed by atoms with van der Waals surface area (Å²) in [5, 5.41) is 19.1. The second-order valence-electron chi connectivity index (χ2n) is 4.29. The number of phenolic OH excluding ortho intramolecular Hbond substituents is 1. The highest BCUT2D eigenvalue weighted by Gasteiger charge is 2.38. The van der Waals surface area contributed by atoms with Crippen LogP contribution in [0, 0.1) is 0 Å². The van der Waals surface area contributed by atoms with Crippen LogP contribution < -0.4 is 0 Å². The van der Waals surface area contributed by atoms with Gasteiger partial charge in [0.15, 0.2) is 0 Å². The van der Waals surface area contributed by atoms with E-state index in [-0.39, 0.29) is 15.6 Å². The fourth-order valence-electron chi connectivity index (χ4n) is 1.74. The highest BCUT2D eigenvalue weighted by molar-refractivity contribution is 7.96. The van der Waals surface area contributed by atoms with Crippen LogP contribution in [0.25, 0.3) is 6.08 Å². The third kappa shape index (κ3) is 1.52. The molecule has 0 aliphatic carbocycles. The van der Waals surface area contributed by atoms with Gasteiger partial charge in [-0.15, -0.1) is 0 Å². The van der Waals surface area contributed by atoms with Gasteiger partial charge in [-0.25, -0.2) is 8.42 Å². The highest BCUT2D eigenvalue weighted by atomic mass is 32.2. The van der Waals surface area contributed by atoms with E-state index < -0.39 is 15.4 Å². The molecule has 2 N–H and O–H groups in total. The van der Waals surface area contributed by atoms with Crippen molar-refractivity contribution in [2.24, 2.45) is 0 Å². The predicted octanol–water partition coefficient (Wildman–Crippen LogP) is 1.29. The first-order valence-corrected chi connectivity index (χ1v) is 6.24. The Balaban J connectivity index is 2.71. The number of aromatic hydroxyl groups is 1. The van der Waals surface area contributed by atoms with Crippen LogP contribution in [0.1, 0.15) is 19.4 Å². The van der Waals surface area contributed by atoms with Crippen molar-refractivity contribution >= 4 is 15.9 Å². The largest absolute Gasteiger partial charge is 0.508 e. The lowest BCUT2D eigenvalue weighted by molar-refractivity contribution is 0.129. The molecule has 1 aliphatic heterocycles. The molecule has 2 rings (SSSR count). The Morgan fingerprint density at radius 3 is 2.44 bits per heavy atom. The highest BCUT2D eigenvalue weighted by Crippen LogP contribution is 2.39. The first-order valence-electron chi connectivity index (χ1n) is 4.75. The van der Waals surface area contributed by atoms with Gasteiger partial charge in [-0.2, -0.15) is 0 Å². The second-order valence-corrected chi connectivity index (χ2v) is 6.18. The van der Waals surface area contributed by atoms with Gasteiger partial charge < -0.3 is 10.2 Å². The maximum atomic E-state index is 12.0. The maximum absolute atomic E-state index is 12.0. The van der Waals surface area contributed by atoms with Crippen LogP contribution in [0.4, 0.5) is 0 Å². The van der Waals surface area contributed by atoms with Gasteiger partial charge in [-0.1, -0.05) is 0 Å². The molecule has 1 aromatic carbocycles. The van der Waals surface area contributed by atoms with Crippen molar-refractivity contribution in [2.45, 2.75) is 24.3 Å². The number of aliphatic hydroxyl groups is 1. The van der Waals surface area contributed by atoms with E-state index in [9.17, 15) is 18.6 Å². The van der Waals surface area contributed by atoms with Crippen LogP contribution in [-0.2, 0) is 9.84 Å². The minimum Gasteiger partial charge on any atom is -0.508 e. The van der Waals surface area contributed by atoms with Crippen LogP contribution in [0.3, 0.4) is 0 Å². The lowest BCUT2D eigenvalue weighted by atomic mass is 10.1. The van der Waals surface area contributed by atoms with E-state index in [1.54, 1.807) is 0 Å². The summed E-state index contributed by atoms with van der Waals surface area (Å²) >= 11 is 0. The van der Waals surface area contributed by atoms with Crippen molar-refractivity contribution in [2.75, 3.05) is 0 Å². The standard InChI is InChI=1S/C11H12O4S/c1-11(2,13)10-6-7-5-8(12)3-4-9(7)16(10,14)15/h3-6,12-13H,1-2H3. The van der Waals surface area contributed by atoms with Crippen molar-refractivity contribution in [3.8, 4) is 5.75 Å². The zero-order chi connectivity index (χ0) is 12.1. The molecular formula is C11H12O4S. The van der Waals surface area contributed by atoms with E-state index in [1.807, 2.05) is 0 Å².